The molecule has 148 valence electrons. The minimum atomic E-state index is -1.20. The van der Waals surface area contributed by atoms with Gasteiger partial charge in [0.05, 0.1) is 19.1 Å². The van der Waals surface area contributed by atoms with Gasteiger partial charge in [0, 0.05) is 11.6 Å². The molecule has 0 bridgehead atoms. The lowest BCUT2D eigenvalue weighted by molar-refractivity contribution is -0.141. The van der Waals surface area contributed by atoms with E-state index in [0.717, 1.165) is 4.57 Å². The predicted molar refractivity (Wildman–Crippen MR) is 95.8 cm³/mol. The van der Waals surface area contributed by atoms with Gasteiger partial charge in [-0.3, -0.25) is 14.4 Å². The van der Waals surface area contributed by atoms with E-state index in [-0.39, 0.29) is 30.2 Å². The summed E-state index contributed by atoms with van der Waals surface area (Å²) in [5.74, 6) is -2.01. The number of aliphatic carboxylic acids is 1. The zero-order valence-electron chi connectivity index (χ0n) is 15.3. The fourth-order valence-corrected chi connectivity index (χ4v) is 3.19. The highest BCUT2D eigenvalue weighted by atomic mass is 16.7. The molecule has 0 saturated heterocycles. The van der Waals surface area contributed by atoms with Gasteiger partial charge in [-0.15, -0.1) is 0 Å². The number of hydrogen-bond donors (Lipinski definition) is 2. The van der Waals surface area contributed by atoms with Crippen LogP contribution in [-0.4, -0.2) is 40.6 Å². The number of rotatable bonds is 6. The Bertz CT molecular complexity index is 994. The molecular formula is C19H19NO8. The van der Waals surface area contributed by atoms with E-state index in [1.54, 1.807) is 18.2 Å². The van der Waals surface area contributed by atoms with E-state index in [0.29, 0.717) is 17.1 Å². The third kappa shape index (κ3) is 3.64. The van der Waals surface area contributed by atoms with Gasteiger partial charge in [0.25, 0.3) is 5.56 Å². The summed E-state index contributed by atoms with van der Waals surface area (Å²) in [7, 11) is 1.22. The van der Waals surface area contributed by atoms with Crippen LogP contribution in [0.1, 0.15) is 29.2 Å². The molecule has 9 heteroatoms. The van der Waals surface area contributed by atoms with Crippen LogP contribution < -0.4 is 15.0 Å². The highest BCUT2D eigenvalue weighted by Gasteiger charge is 2.28. The predicted octanol–water partition coefficient (Wildman–Crippen LogP) is 1.37. The highest BCUT2D eigenvalue weighted by molar-refractivity contribution is 5.72. The van der Waals surface area contributed by atoms with Crippen molar-refractivity contribution in [1.82, 2.24) is 4.57 Å². The molecule has 0 unspecified atom stereocenters. The average molecular weight is 389 g/mol. The molecule has 0 aliphatic carbocycles. The second-order valence-electron chi connectivity index (χ2n) is 6.32. The Balaban J connectivity index is 2.17. The minimum absolute atomic E-state index is 0.0572. The molecule has 2 heterocycles. The smallest absolute Gasteiger partial charge is 0.323 e. The van der Waals surface area contributed by atoms with Gasteiger partial charge in [0.2, 0.25) is 6.79 Å². The number of aryl methyl sites for hydroxylation is 1. The van der Waals surface area contributed by atoms with Gasteiger partial charge in [0.1, 0.15) is 12.3 Å². The number of fused-ring (bicyclic) bond motifs is 1. The molecule has 3 rings (SSSR count). The molecule has 1 aromatic carbocycles. The van der Waals surface area contributed by atoms with Gasteiger partial charge < -0.3 is 29.0 Å². The molecule has 0 saturated carbocycles. The van der Waals surface area contributed by atoms with E-state index in [2.05, 4.69) is 0 Å². The van der Waals surface area contributed by atoms with Crippen molar-refractivity contribution in [2.45, 2.75) is 25.8 Å². The first-order chi connectivity index (χ1) is 13.3. The van der Waals surface area contributed by atoms with Crippen molar-refractivity contribution in [1.29, 1.82) is 0 Å². The Kier molecular flexibility index (Phi) is 5.25. The highest BCUT2D eigenvalue weighted by Crippen LogP contribution is 2.39. The number of hydrogen-bond acceptors (Lipinski definition) is 7. The Morgan fingerprint density at radius 1 is 1.25 bits per heavy atom. The van der Waals surface area contributed by atoms with Crippen molar-refractivity contribution in [3.8, 4) is 17.2 Å². The van der Waals surface area contributed by atoms with Gasteiger partial charge in [-0.1, -0.05) is 6.07 Å². The number of carbonyl (C=O) groups excluding carboxylic acids is 1. The van der Waals surface area contributed by atoms with Crippen LogP contribution in [-0.2, 0) is 20.9 Å². The van der Waals surface area contributed by atoms with Gasteiger partial charge in [-0.25, -0.2) is 0 Å². The van der Waals surface area contributed by atoms with Gasteiger partial charge in [-0.2, -0.15) is 0 Å². The minimum Gasteiger partial charge on any atom is -0.507 e. The van der Waals surface area contributed by atoms with Gasteiger partial charge in [-0.05, 0) is 30.7 Å². The molecule has 1 aliphatic heterocycles. The van der Waals surface area contributed by atoms with E-state index < -0.39 is 30.0 Å². The Morgan fingerprint density at radius 2 is 1.96 bits per heavy atom. The van der Waals surface area contributed by atoms with Crippen molar-refractivity contribution < 1.29 is 34.0 Å². The maximum Gasteiger partial charge on any atom is 0.323 e. The van der Waals surface area contributed by atoms with Crippen LogP contribution in [0.3, 0.4) is 0 Å². The lowest BCUT2D eigenvalue weighted by atomic mass is 9.88. The molecule has 2 N–H and O–H groups in total. The summed E-state index contributed by atoms with van der Waals surface area (Å²) >= 11 is 0. The molecule has 0 radical (unpaired) electrons. The summed E-state index contributed by atoms with van der Waals surface area (Å²) in [5, 5.41) is 19.6. The molecule has 1 aromatic heterocycles. The Morgan fingerprint density at radius 3 is 2.64 bits per heavy atom. The largest absolute Gasteiger partial charge is 0.507 e. The molecule has 0 fully saturated rings. The Labute approximate surface area is 159 Å². The number of benzene rings is 1. The average Bonchev–Trinajstić information content (AvgIpc) is 3.11. The van der Waals surface area contributed by atoms with E-state index in [1.165, 1.54) is 20.1 Å². The molecule has 1 aliphatic rings. The lowest BCUT2D eigenvalue weighted by Gasteiger charge is -2.20. The first-order valence-electron chi connectivity index (χ1n) is 8.43. The van der Waals surface area contributed by atoms with Crippen LogP contribution in [0.4, 0.5) is 0 Å². The van der Waals surface area contributed by atoms with Crippen LogP contribution in [0.25, 0.3) is 0 Å². The molecule has 0 amide bonds. The molecular weight excluding hydrogens is 370 g/mol. The summed E-state index contributed by atoms with van der Waals surface area (Å²) in [5.41, 5.74) is 0.0338. The second-order valence-corrected chi connectivity index (χ2v) is 6.32. The fraction of sp³-hybridized carbons (Fsp3) is 0.316. The molecule has 2 aromatic rings. The first-order valence-corrected chi connectivity index (χ1v) is 8.43. The summed E-state index contributed by atoms with van der Waals surface area (Å²) < 4.78 is 16.4. The summed E-state index contributed by atoms with van der Waals surface area (Å²) in [6.07, 6.45) is -0.227. The standard InChI is InChI=1S/C19H19NO8/c1-10-5-13(21)18(19(25)20(10)8-16(22)23)12(7-17(24)26-2)11-3-4-14-15(6-11)28-9-27-14/h3-6,12,21H,7-9H2,1-2H3,(H,22,23)/t12-/m1/s1. The molecule has 1 atom stereocenters. The van der Waals surface area contributed by atoms with Crippen LogP contribution in [0, 0.1) is 6.92 Å². The fourth-order valence-electron chi connectivity index (χ4n) is 3.19. The van der Waals surface area contributed by atoms with Crippen LogP contribution in [0.5, 0.6) is 17.2 Å². The third-order valence-electron chi connectivity index (χ3n) is 4.56. The number of ether oxygens (including phenoxy) is 3. The number of nitrogens with zero attached hydrogens (tertiary/aromatic N) is 1. The van der Waals surface area contributed by atoms with Crippen molar-refractivity contribution in [3.05, 3.63) is 51.4 Å². The number of methoxy groups -OCH3 is 1. The number of carboxylic acids is 1. The summed E-state index contributed by atoms with van der Waals surface area (Å²) in [6, 6.07) is 6.22. The lowest BCUT2D eigenvalue weighted by Crippen LogP contribution is -2.30. The first kappa shape index (κ1) is 19.3. The van der Waals surface area contributed by atoms with Crippen LogP contribution in [0.2, 0.25) is 0 Å². The van der Waals surface area contributed by atoms with E-state index in [1.807, 2.05) is 0 Å². The monoisotopic (exact) mass is 389 g/mol. The number of carbonyl (C=O) groups is 2. The van der Waals surface area contributed by atoms with Crippen molar-refractivity contribution in [3.63, 3.8) is 0 Å². The molecule has 9 nitrogen and oxygen atoms in total. The quantitative estimate of drug-likeness (QED) is 0.710. The van der Waals surface area contributed by atoms with Crippen molar-refractivity contribution >= 4 is 11.9 Å². The molecule has 28 heavy (non-hydrogen) atoms. The number of pyridine rings is 1. The number of aromatic hydroxyl groups is 1. The third-order valence-corrected chi connectivity index (χ3v) is 4.56. The summed E-state index contributed by atoms with van der Waals surface area (Å²) in [6.45, 7) is 1.01. The normalized spacial score (nSPS) is 13.2. The van der Waals surface area contributed by atoms with Crippen molar-refractivity contribution in [2.24, 2.45) is 0 Å². The Hall–Kier alpha value is -3.49. The number of aromatic nitrogens is 1. The number of carboxylic acid groups (broad SMARTS) is 1. The summed E-state index contributed by atoms with van der Waals surface area (Å²) in [4.78, 5) is 36.1. The zero-order chi connectivity index (χ0) is 20.4. The maximum absolute atomic E-state index is 13.0. The van der Waals surface area contributed by atoms with E-state index in [9.17, 15) is 19.5 Å². The SMILES string of the molecule is COC(=O)C[C@H](c1ccc2c(c1)OCO2)c1c(O)cc(C)n(CC(=O)O)c1=O. The van der Waals surface area contributed by atoms with E-state index in [4.69, 9.17) is 19.3 Å². The van der Waals surface area contributed by atoms with Gasteiger partial charge in [0.15, 0.2) is 11.5 Å². The van der Waals surface area contributed by atoms with Crippen LogP contribution >= 0.6 is 0 Å². The topological polar surface area (TPSA) is 124 Å². The van der Waals surface area contributed by atoms with E-state index >= 15 is 0 Å². The maximum atomic E-state index is 13.0. The second kappa shape index (κ2) is 7.63. The van der Waals surface area contributed by atoms with Crippen molar-refractivity contribution in [2.75, 3.05) is 13.9 Å². The van der Waals surface area contributed by atoms with Crippen LogP contribution in [0.15, 0.2) is 29.1 Å². The number of esters is 1. The molecule has 0 spiro atoms. The zero-order valence-corrected chi connectivity index (χ0v) is 15.3. The van der Waals surface area contributed by atoms with Gasteiger partial charge >= 0.3 is 11.9 Å².